The largest absolute Gasteiger partial charge is 0.394 e. The summed E-state index contributed by atoms with van der Waals surface area (Å²) in [6.45, 7) is 8.06. The number of amides is 2. The number of nitrogens with zero attached hydrogens (tertiary/aromatic N) is 3. The van der Waals surface area contributed by atoms with Crippen LogP contribution in [-0.4, -0.2) is 84.8 Å². The van der Waals surface area contributed by atoms with E-state index in [9.17, 15) is 9.90 Å². The van der Waals surface area contributed by atoms with Gasteiger partial charge < -0.3 is 25.1 Å². The van der Waals surface area contributed by atoms with Crippen molar-refractivity contribution < 1.29 is 9.90 Å². The van der Waals surface area contributed by atoms with Crippen molar-refractivity contribution in [2.45, 2.75) is 19.4 Å². The number of carbonyl (C=O) groups excluding carboxylic acids is 1. The van der Waals surface area contributed by atoms with Gasteiger partial charge in [-0.25, -0.2) is 4.79 Å². The van der Waals surface area contributed by atoms with Gasteiger partial charge in [0.05, 0.1) is 12.6 Å². The monoisotopic (exact) mass is 394 g/mol. The molecule has 0 aliphatic carbocycles. The minimum atomic E-state index is -0.157. The van der Waals surface area contributed by atoms with Gasteiger partial charge in [0.2, 0.25) is 0 Å². The lowest BCUT2D eigenvalue weighted by Crippen LogP contribution is -2.49. The average Bonchev–Trinajstić information content (AvgIpc) is 3.01. The highest BCUT2D eigenvalue weighted by atomic mass is 35.5. The molecule has 1 aromatic rings. The lowest BCUT2D eigenvalue weighted by Gasteiger charge is -2.36. The van der Waals surface area contributed by atoms with E-state index in [1.165, 1.54) is 0 Å². The predicted octanol–water partition coefficient (Wildman–Crippen LogP) is 2.44. The Hall–Kier alpha value is -1.34. The molecule has 2 fully saturated rings. The number of hydrogen-bond acceptors (Lipinski definition) is 4. The second-order valence-corrected chi connectivity index (χ2v) is 8.22. The van der Waals surface area contributed by atoms with Gasteiger partial charge in [-0.05, 0) is 37.1 Å². The summed E-state index contributed by atoms with van der Waals surface area (Å²) >= 11 is 6.02. The fourth-order valence-corrected chi connectivity index (χ4v) is 4.52. The molecule has 2 N–H and O–H groups in total. The van der Waals surface area contributed by atoms with E-state index in [1.54, 1.807) is 12.1 Å². The highest BCUT2D eigenvalue weighted by molar-refractivity contribution is 6.30. The number of benzene rings is 1. The summed E-state index contributed by atoms with van der Waals surface area (Å²) in [6, 6.07) is 6.86. The van der Waals surface area contributed by atoms with E-state index in [0.717, 1.165) is 39.1 Å². The first-order chi connectivity index (χ1) is 13.0. The second kappa shape index (κ2) is 9.24. The van der Waals surface area contributed by atoms with Crippen molar-refractivity contribution in [2.75, 3.05) is 58.2 Å². The standard InChI is InChI=1S/C20H31ClN4O2/c1-3-15-12-25(20(27)22-17-6-4-5-16(21)11-17)19(14-26)18(15)13-24-9-7-23(2)8-10-24/h4-6,11,15,18-19,26H,3,7-10,12-14H2,1-2H3,(H,22,27)/t15-,18-,19-/m1/s1. The quantitative estimate of drug-likeness (QED) is 0.805. The molecule has 2 saturated heterocycles. The predicted molar refractivity (Wildman–Crippen MR) is 109 cm³/mol. The molecule has 3 atom stereocenters. The number of piperazine rings is 1. The van der Waals surface area contributed by atoms with Crippen LogP contribution in [0.15, 0.2) is 24.3 Å². The number of likely N-dealkylation sites (N-methyl/N-ethyl adjacent to an activating group) is 1. The Bertz CT molecular complexity index is 636. The number of anilines is 1. The smallest absolute Gasteiger partial charge is 0.322 e. The second-order valence-electron chi connectivity index (χ2n) is 7.78. The summed E-state index contributed by atoms with van der Waals surface area (Å²) in [5.41, 5.74) is 0.680. The zero-order valence-electron chi connectivity index (χ0n) is 16.3. The van der Waals surface area contributed by atoms with E-state index < -0.39 is 0 Å². The Morgan fingerprint density at radius 3 is 2.67 bits per heavy atom. The lowest BCUT2D eigenvalue weighted by molar-refractivity contribution is 0.0967. The summed E-state index contributed by atoms with van der Waals surface area (Å²) in [5, 5.41) is 13.6. The van der Waals surface area contributed by atoms with Crippen molar-refractivity contribution >= 4 is 23.3 Å². The molecule has 0 bridgehead atoms. The maximum absolute atomic E-state index is 12.9. The lowest BCUT2D eigenvalue weighted by atomic mass is 9.88. The van der Waals surface area contributed by atoms with Gasteiger partial charge in [0.15, 0.2) is 0 Å². The summed E-state index contributed by atoms with van der Waals surface area (Å²) in [4.78, 5) is 19.5. The molecule has 0 radical (unpaired) electrons. The Labute approximate surface area is 167 Å². The van der Waals surface area contributed by atoms with Crippen molar-refractivity contribution in [1.82, 2.24) is 14.7 Å². The van der Waals surface area contributed by atoms with Crippen LogP contribution in [0, 0.1) is 11.8 Å². The Kier molecular flexibility index (Phi) is 6.98. The number of carbonyl (C=O) groups is 1. The van der Waals surface area contributed by atoms with Crippen molar-refractivity contribution in [3.8, 4) is 0 Å². The maximum Gasteiger partial charge on any atom is 0.322 e. The Morgan fingerprint density at radius 1 is 1.30 bits per heavy atom. The number of nitrogens with one attached hydrogen (secondary N) is 1. The van der Waals surface area contributed by atoms with E-state index in [4.69, 9.17) is 11.6 Å². The zero-order chi connectivity index (χ0) is 19.4. The molecule has 6 nitrogen and oxygen atoms in total. The number of halogens is 1. The third-order valence-corrected chi connectivity index (χ3v) is 6.28. The third-order valence-electron chi connectivity index (χ3n) is 6.04. The van der Waals surface area contributed by atoms with Crippen LogP contribution in [-0.2, 0) is 0 Å². The van der Waals surface area contributed by atoms with Gasteiger partial charge >= 0.3 is 6.03 Å². The van der Waals surface area contributed by atoms with E-state index in [0.29, 0.717) is 29.1 Å². The van der Waals surface area contributed by atoms with E-state index in [2.05, 4.69) is 29.1 Å². The fraction of sp³-hybridized carbons (Fsp3) is 0.650. The molecular weight excluding hydrogens is 364 g/mol. The van der Waals surface area contributed by atoms with E-state index in [-0.39, 0.29) is 18.7 Å². The van der Waals surface area contributed by atoms with Gasteiger partial charge in [0, 0.05) is 50.0 Å². The molecule has 27 heavy (non-hydrogen) atoms. The maximum atomic E-state index is 12.9. The van der Waals surface area contributed by atoms with Crippen molar-refractivity contribution in [1.29, 1.82) is 0 Å². The first-order valence-corrected chi connectivity index (χ1v) is 10.2. The molecule has 2 heterocycles. The fourth-order valence-electron chi connectivity index (χ4n) is 4.33. The van der Waals surface area contributed by atoms with Crippen LogP contribution in [0.25, 0.3) is 0 Å². The first-order valence-electron chi connectivity index (χ1n) is 9.86. The highest BCUT2D eigenvalue weighted by Gasteiger charge is 2.43. The summed E-state index contributed by atoms with van der Waals surface area (Å²) in [6.07, 6.45) is 1.01. The molecule has 0 saturated carbocycles. The number of hydrogen-bond donors (Lipinski definition) is 2. The molecule has 3 rings (SSSR count). The van der Waals surface area contributed by atoms with Gasteiger partial charge in [-0.3, -0.25) is 0 Å². The minimum absolute atomic E-state index is 0.00211. The zero-order valence-corrected chi connectivity index (χ0v) is 17.0. The Balaban J connectivity index is 1.67. The number of rotatable bonds is 5. The number of aliphatic hydroxyl groups is 1. The van der Waals surface area contributed by atoms with Crippen LogP contribution in [0.4, 0.5) is 10.5 Å². The number of urea groups is 1. The summed E-state index contributed by atoms with van der Waals surface area (Å²) < 4.78 is 0. The molecule has 0 unspecified atom stereocenters. The van der Waals surface area contributed by atoms with Crippen molar-refractivity contribution in [3.05, 3.63) is 29.3 Å². The summed E-state index contributed by atoms with van der Waals surface area (Å²) in [7, 11) is 2.15. The highest BCUT2D eigenvalue weighted by Crippen LogP contribution is 2.33. The average molecular weight is 395 g/mol. The molecule has 1 aromatic carbocycles. The van der Waals surface area contributed by atoms with Crippen molar-refractivity contribution in [2.24, 2.45) is 11.8 Å². The number of likely N-dealkylation sites (tertiary alicyclic amines) is 1. The molecular formula is C20H31ClN4O2. The molecule has 2 aliphatic rings. The molecule has 2 aliphatic heterocycles. The van der Waals surface area contributed by atoms with Gasteiger partial charge in [-0.15, -0.1) is 0 Å². The molecule has 150 valence electrons. The topological polar surface area (TPSA) is 59.1 Å². The molecule has 7 heteroatoms. The van der Waals surface area contributed by atoms with Crippen LogP contribution < -0.4 is 5.32 Å². The third kappa shape index (κ3) is 4.93. The van der Waals surface area contributed by atoms with Crippen molar-refractivity contribution in [3.63, 3.8) is 0 Å². The molecule has 2 amide bonds. The molecule has 0 spiro atoms. The van der Waals surface area contributed by atoms with Gasteiger partial charge in [-0.1, -0.05) is 31.0 Å². The van der Waals surface area contributed by atoms with Crippen LogP contribution in [0.5, 0.6) is 0 Å². The van der Waals surface area contributed by atoms with Crippen LogP contribution in [0.1, 0.15) is 13.3 Å². The van der Waals surface area contributed by atoms with Gasteiger partial charge in [0.1, 0.15) is 0 Å². The SMILES string of the molecule is CC[C@@H]1CN(C(=O)Nc2cccc(Cl)c2)[C@H](CO)[C@@H]1CN1CCN(C)CC1. The van der Waals surface area contributed by atoms with Gasteiger partial charge in [0.25, 0.3) is 0 Å². The summed E-state index contributed by atoms with van der Waals surface area (Å²) in [5.74, 6) is 0.709. The normalized spacial score (nSPS) is 27.1. The minimum Gasteiger partial charge on any atom is -0.394 e. The Morgan fingerprint density at radius 2 is 2.04 bits per heavy atom. The van der Waals surface area contributed by atoms with Crippen LogP contribution in [0.2, 0.25) is 5.02 Å². The van der Waals surface area contributed by atoms with Crippen LogP contribution >= 0.6 is 11.6 Å². The number of aliphatic hydroxyl groups excluding tert-OH is 1. The van der Waals surface area contributed by atoms with Crippen LogP contribution in [0.3, 0.4) is 0 Å². The van der Waals surface area contributed by atoms with E-state index in [1.807, 2.05) is 17.0 Å². The molecule has 0 aromatic heterocycles. The van der Waals surface area contributed by atoms with Gasteiger partial charge in [-0.2, -0.15) is 0 Å². The van der Waals surface area contributed by atoms with E-state index >= 15 is 0 Å². The first kappa shape index (κ1) is 20.4.